The Bertz CT molecular complexity index is 384. The Balaban J connectivity index is 2.12. The summed E-state index contributed by atoms with van der Waals surface area (Å²) >= 11 is 3.59. The smallest absolute Gasteiger partial charge is 0.127 e. The van der Waals surface area contributed by atoms with E-state index in [1.54, 1.807) is 0 Å². The van der Waals surface area contributed by atoms with E-state index >= 15 is 0 Å². The molecule has 0 N–H and O–H groups in total. The highest BCUT2D eigenvalue weighted by Crippen LogP contribution is 2.39. The maximum absolute atomic E-state index is 13.8. The SMILES string of the molecule is Fc1ccc(F)c(C(Br)C2CCCCCCC2)c1. The monoisotopic (exact) mass is 316 g/mol. The van der Waals surface area contributed by atoms with Crippen molar-refractivity contribution in [2.45, 2.75) is 49.8 Å². The van der Waals surface area contributed by atoms with Crippen molar-refractivity contribution in [3.8, 4) is 0 Å². The van der Waals surface area contributed by atoms with Gasteiger partial charge in [0.1, 0.15) is 11.6 Å². The molecule has 1 atom stereocenters. The Labute approximate surface area is 116 Å². The van der Waals surface area contributed by atoms with Gasteiger partial charge in [0.25, 0.3) is 0 Å². The third-order valence-electron chi connectivity index (χ3n) is 3.82. The van der Waals surface area contributed by atoms with Crippen LogP contribution in [0.25, 0.3) is 0 Å². The Kier molecular flexibility index (Phi) is 5.16. The lowest BCUT2D eigenvalue weighted by Crippen LogP contribution is -2.11. The van der Waals surface area contributed by atoms with Crippen LogP contribution in [0.1, 0.15) is 55.3 Å². The van der Waals surface area contributed by atoms with Gasteiger partial charge in [-0.25, -0.2) is 8.78 Å². The molecule has 0 aromatic heterocycles. The number of hydrogen-bond acceptors (Lipinski definition) is 0. The standard InChI is InChI=1S/C15H19BrF2/c16-15(11-6-4-2-1-3-5-7-11)13-10-12(17)8-9-14(13)18/h8-11,15H,1-7H2. The van der Waals surface area contributed by atoms with Gasteiger partial charge >= 0.3 is 0 Å². The van der Waals surface area contributed by atoms with Crippen molar-refractivity contribution in [2.24, 2.45) is 5.92 Å². The van der Waals surface area contributed by atoms with E-state index in [4.69, 9.17) is 0 Å². The van der Waals surface area contributed by atoms with E-state index in [9.17, 15) is 8.78 Å². The average Bonchev–Trinajstić information content (AvgIpc) is 2.31. The highest BCUT2D eigenvalue weighted by Gasteiger charge is 2.24. The van der Waals surface area contributed by atoms with E-state index in [1.807, 2.05) is 0 Å². The van der Waals surface area contributed by atoms with Crippen molar-refractivity contribution >= 4 is 15.9 Å². The molecule has 0 amide bonds. The molecule has 0 spiro atoms. The Morgan fingerprint density at radius 1 is 1.00 bits per heavy atom. The van der Waals surface area contributed by atoms with E-state index < -0.39 is 0 Å². The Morgan fingerprint density at radius 2 is 1.61 bits per heavy atom. The zero-order valence-corrected chi connectivity index (χ0v) is 12.1. The molecule has 1 aliphatic rings. The van der Waals surface area contributed by atoms with Crippen LogP contribution in [0.2, 0.25) is 0 Å². The number of alkyl halides is 1. The first-order valence-corrected chi connectivity index (χ1v) is 7.69. The molecule has 0 aliphatic heterocycles. The third-order valence-corrected chi connectivity index (χ3v) is 5.06. The second kappa shape index (κ2) is 6.65. The molecule has 1 aliphatic carbocycles. The highest BCUT2D eigenvalue weighted by molar-refractivity contribution is 9.09. The van der Waals surface area contributed by atoms with Gasteiger partial charge in [-0.2, -0.15) is 0 Å². The maximum atomic E-state index is 13.8. The van der Waals surface area contributed by atoms with Crippen molar-refractivity contribution in [3.05, 3.63) is 35.4 Å². The summed E-state index contributed by atoms with van der Waals surface area (Å²) in [5.74, 6) is -0.247. The first kappa shape index (κ1) is 14.0. The molecule has 1 fully saturated rings. The molecule has 18 heavy (non-hydrogen) atoms. The summed E-state index contributed by atoms with van der Waals surface area (Å²) in [6.07, 6.45) is 8.45. The second-order valence-corrected chi connectivity index (χ2v) is 6.16. The summed E-state index contributed by atoms with van der Waals surface area (Å²) < 4.78 is 27.0. The molecule has 1 unspecified atom stereocenters. The Hall–Kier alpha value is -0.440. The fraction of sp³-hybridized carbons (Fsp3) is 0.600. The highest BCUT2D eigenvalue weighted by atomic mass is 79.9. The van der Waals surface area contributed by atoms with Crippen molar-refractivity contribution in [1.82, 2.24) is 0 Å². The van der Waals surface area contributed by atoms with Gasteiger partial charge in [0.2, 0.25) is 0 Å². The fourth-order valence-electron chi connectivity index (χ4n) is 2.76. The fourth-order valence-corrected chi connectivity index (χ4v) is 3.64. The van der Waals surface area contributed by atoms with Crippen LogP contribution in [-0.2, 0) is 0 Å². The van der Waals surface area contributed by atoms with Gasteiger partial charge in [0, 0.05) is 10.4 Å². The van der Waals surface area contributed by atoms with Crippen molar-refractivity contribution in [3.63, 3.8) is 0 Å². The predicted molar refractivity (Wildman–Crippen MR) is 73.8 cm³/mol. The summed E-state index contributed by atoms with van der Waals surface area (Å²) in [7, 11) is 0. The maximum Gasteiger partial charge on any atom is 0.127 e. The van der Waals surface area contributed by atoms with E-state index in [0.29, 0.717) is 11.5 Å². The summed E-state index contributed by atoms with van der Waals surface area (Å²) in [5.41, 5.74) is 0.473. The van der Waals surface area contributed by atoms with Crippen LogP contribution in [0.3, 0.4) is 0 Å². The summed E-state index contributed by atoms with van der Waals surface area (Å²) in [6.45, 7) is 0. The minimum absolute atomic E-state index is 0.0636. The van der Waals surface area contributed by atoms with Gasteiger partial charge < -0.3 is 0 Å². The first-order chi connectivity index (χ1) is 8.68. The lowest BCUT2D eigenvalue weighted by Gasteiger charge is -2.25. The van der Waals surface area contributed by atoms with E-state index in [0.717, 1.165) is 12.8 Å². The zero-order valence-electron chi connectivity index (χ0n) is 10.5. The Morgan fingerprint density at radius 3 is 2.28 bits per heavy atom. The normalized spacial score (nSPS) is 20.2. The van der Waals surface area contributed by atoms with Crippen LogP contribution >= 0.6 is 15.9 Å². The van der Waals surface area contributed by atoms with E-state index in [1.165, 1.54) is 50.3 Å². The van der Waals surface area contributed by atoms with Crippen LogP contribution in [0.5, 0.6) is 0 Å². The molecular formula is C15H19BrF2. The molecule has 3 heteroatoms. The molecule has 0 radical (unpaired) electrons. The van der Waals surface area contributed by atoms with Crippen molar-refractivity contribution in [2.75, 3.05) is 0 Å². The molecule has 2 rings (SSSR count). The number of halogens is 3. The van der Waals surface area contributed by atoms with Crippen LogP contribution in [0.4, 0.5) is 8.78 Å². The molecule has 1 aromatic rings. The molecule has 100 valence electrons. The summed E-state index contributed by atoms with van der Waals surface area (Å²) in [5, 5.41) is 0. The molecule has 1 saturated carbocycles. The van der Waals surface area contributed by atoms with Crippen LogP contribution in [0, 0.1) is 17.6 Å². The van der Waals surface area contributed by atoms with Crippen LogP contribution < -0.4 is 0 Å². The lowest BCUT2D eigenvalue weighted by atomic mass is 9.86. The molecule has 0 saturated heterocycles. The van der Waals surface area contributed by atoms with Crippen LogP contribution in [-0.4, -0.2) is 0 Å². The number of hydrogen-bond donors (Lipinski definition) is 0. The number of rotatable bonds is 2. The second-order valence-electron chi connectivity index (χ2n) is 5.17. The lowest BCUT2D eigenvalue weighted by molar-refractivity contribution is 0.370. The first-order valence-electron chi connectivity index (χ1n) is 6.77. The van der Waals surface area contributed by atoms with E-state index in [2.05, 4.69) is 15.9 Å². The summed E-state index contributed by atoms with van der Waals surface area (Å²) in [6, 6.07) is 3.73. The summed E-state index contributed by atoms with van der Waals surface area (Å²) in [4.78, 5) is -0.0636. The predicted octanol–water partition coefficient (Wildman–Crippen LogP) is 5.76. The van der Waals surface area contributed by atoms with Gasteiger partial charge in [-0.3, -0.25) is 0 Å². The minimum atomic E-state index is -0.360. The topological polar surface area (TPSA) is 0 Å². The number of benzene rings is 1. The van der Waals surface area contributed by atoms with E-state index in [-0.39, 0.29) is 16.5 Å². The molecular weight excluding hydrogens is 298 g/mol. The minimum Gasteiger partial charge on any atom is -0.207 e. The van der Waals surface area contributed by atoms with Gasteiger partial charge in [0.15, 0.2) is 0 Å². The largest absolute Gasteiger partial charge is 0.207 e. The quantitative estimate of drug-likeness (QED) is 0.608. The molecule has 0 heterocycles. The average molecular weight is 317 g/mol. The van der Waals surface area contributed by atoms with Gasteiger partial charge in [-0.15, -0.1) is 0 Å². The molecule has 0 bridgehead atoms. The van der Waals surface area contributed by atoms with Gasteiger partial charge in [-0.05, 0) is 37.0 Å². The van der Waals surface area contributed by atoms with Gasteiger partial charge in [-0.1, -0.05) is 48.0 Å². The van der Waals surface area contributed by atoms with Crippen LogP contribution in [0.15, 0.2) is 18.2 Å². The van der Waals surface area contributed by atoms with Gasteiger partial charge in [0.05, 0.1) is 0 Å². The van der Waals surface area contributed by atoms with Crippen molar-refractivity contribution < 1.29 is 8.78 Å². The van der Waals surface area contributed by atoms with Crippen molar-refractivity contribution in [1.29, 1.82) is 0 Å². The molecule has 0 nitrogen and oxygen atoms in total. The zero-order chi connectivity index (χ0) is 13.0. The molecule has 1 aromatic carbocycles. The third kappa shape index (κ3) is 3.53.